The molecule has 0 saturated carbocycles. The van der Waals surface area contributed by atoms with E-state index in [0.29, 0.717) is 24.1 Å². The quantitative estimate of drug-likeness (QED) is 0.877. The molecule has 0 bridgehead atoms. The van der Waals surface area contributed by atoms with Gasteiger partial charge in [0.1, 0.15) is 5.56 Å². The van der Waals surface area contributed by atoms with E-state index in [9.17, 15) is 14.4 Å². The lowest BCUT2D eigenvalue weighted by Crippen LogP contribution is -2.39. The smallest absolute Gasteiger partial charge is 0.264 e. The number of ketones is 1. The molecule has 1 unspecified atom stereocenters. The maximum Gasteiger partial charge on any atom is 0.264 e. The van der Waals surface area contributed by atoms with Crippen LogP contribution in [0.1, 0.15) is 51.7 Å². The number of benzene rings is 1. The zero-order valence-electron chi connectivity index (χ0n) is 13.5. The van der Waals surface area contributed by atoms with E-state index in [2.05, 4.69) is 4.98 Å². The Morgan fingerprint density at radius 3 is 2.83 bits per heavy atom. The van der Waals surface area contributed by atoms with Crippen molar-refractivity contribution in [3.05, 3.63) is 63.1 Å². The monoisotopic (exact) mass is 322 g/mol. The van der Waals surface area contributed by atoms with Crippen LogP contribution in [0.2, 0.25) is 0 Å². The van der Waals surface area contributed by atoms with Crippen molar-refractivity contribution in [1.82, 2.24) is 4.98 Å². The average molecular weight is 322 g/mol. The van der Waals surface area contributed by atoms with E-state index < -0.39 is 5.56 Å². The number of fused-ring (bicyclic) bond motifs is 2. The summed E-state index contributed by atoms with van der Waals surface area (Å²) < 4.78 is 0. The number of pyridine rings is 1. The third-order valence-electron chi connectivity index (χ3n) is 4.91. The topological polar surface area (TPSA) is 70.2 Å². The van der Waals surface area contributed by atoms with Crippen LogP contribution < -0.4 is 10.5 Å². The van der Waals surface area contributed by atoms with Gasteiger partial charge in [0.25, 0.3) is 11.5 Å². The molecule has 1 atom stereocenters. The van der Waals surface area contributed by atoms with Crippen LogP contribution in [-0.4, -0.2) is 22.7 Å². The maximum absolute atomic E-state index is 13.0. The molecule has 1 aromatic carbocycles. The van der Waals surface area contributed by atoms with Gasteiger partial charge in [0.05, 0.1) is 0 Å². The van der Waals surface area contributed by atoms with Crippen LogP contribution in [0.25, 0.3) is 0 Å². The van der Waals surface area contributed by atoms with Crippen LogP contribution in [0.3, 0.4) is 0 Å². The fraction of sp³-hybridized carbons (Fsp3) is 0.316. The molecule has 2 aromatic rings. The summed E-state index contributed by atoms with van der Waals surface area (Å²) in [4.78, 5) is 41.9. The molecule has 1 amide bonds. The summed E-state index contributed by atoms with van der Waals surface area (Å²) in [7, 11) is 0. The van der Waals surface area contributed by atoms with Gasteiger partial charge in [0, 0.05) is 29.4 Å². The predicted molar refractivity (Wildman–Crippen MR) is 90.7 cm³/mol. The number of para-hydroxylation sites is 1. The lowest BCUT2D eigenvalue weighted by Gasteiger charge is -2.23. The van der Waals surface area contributed by atoms with E-state index in [4.69, 9.17) is 0 Å². The van der Waals surface area contributed by atoms with E-state index in [1.54, 1.807) is 4.90 Å². The normalized spacial score (nSPS) is 19.1. The molecule has 24 heavy (non-hydrogen) atoms. The minimum absolute atomic E-state index is 0.00331. The molecule has 1 aliphatic heterocycles. The standard InChI is InChI=1S/C19H18N2O3/c1-11-9-12-5-2-3-7-16(12)21(11)19(24)14-10-13-15(20-18(14)23)6-4-8-17(13)22/h2-3,5,7,10-11H,4,6,8-9H2,1H3,(H,20,23). The third-order valence-corrected chi connectivity index (χ3v) is 4.91. The van der Waals surface area contributed by atoms with Gasteiger partial charge in [-0.15, -0.1) is 0 Å². The highest BCUT2D eigenvalue weighted by molar-refractivity contribution is 6.09. The number of aromatic nitrogens is 1. The summed E-state index contributed by atoms with van der Waals surface area (Å²) in [5.41, 5.74) is 2.73. The van der Waals surface area contributed by atoms with E-state index in [0.717, 1.165) is 24.1 Å². The minimum atomic E-state index is -0.412. The molecule has 4 rings (SSSR count). The van der Waals surface area contributed by atoms with Gasteiger partial charge in [-0.25, -0.2) is 0 Å². The zero-order valence-corrected chi connectivity index (χ0v) is 13.5. The molecule has 122 valence electrons. The summed E-state index contributed by atoms with van der Waals surface area (Å²) in [6.45, 7) is 1.97. The van der Waals surface area contributed by atoms with Crippen LogP contribution in [0.15, 0.2) is 35.1 Å². The number of aromatic amines is 1. The molecule has 0 spiro atoms. The number of hydrogen-bond donors (Lipinski definition) is 1. The number of amides is 1. The fourth-order valence-corrected chi connectivity index (χ4v) is 3.74. The summed E-state index contributed by atoms with van der Waals surface area (Å²) in [5.74, 6) is -0.341. The zero-order chi connectivity index (χ0) is 16.8. The third kappa shape index (κ3) is 2.19. The summed E-state index contributed by atoms with van der Waals surface area (Å²) in [5, 5.41) is 0. The van der Waals surface area contributed by atoms with Gasteiger partial charge in [-0.2, -0.15) is 0 Å². The highest BCUT2D eigenvalue weighted by Gasteiger charge is 2.33. The first-order valence-corrected chi connectivity index (χ1v) is 8.27. The highest BCUT2D eigenvalue weighted by atomic mass is 16.2. The van der Waals surface area contributed by atoms with Gasteiger partial charge >= 0.3 is 0 Å². The Morgan fingerprint density at radius 1 is 1.21 bits per heavy atom. The molecule has 2 heterocycles. The fourth-order valence-electron chi connectivity index (χ4n) is 3.74. The van der Waals surface area contributed by atoms with Crippen molar-refractivity contribution in [2.24, 2.45) is 0 Å². The number of nitrogens with one attached hydrogen (secondary N) is 1. The molecule has 1 N–H and O–H groups in total. The van der Waals surface area contributed by atoms with Crippen LogP contribution in [-0.2, 0) is 12.8 Å². The number of Topliss-reactive ketones (excluding diaryl/α,β-unsaturated/α-hetero) is 1. The number of H-pyrrole nitrogens is 1. The largest absolute Gasteiger partial charge is 0.325 e. The lowest BCUT2D eigenvalue weighted by molar-refractivity contribution is 0.0971. The van der Waals surface area contributed by atoms with E-state index in [1.165, 1.54) is 6.07 Å². The van der Waals surface area contributed by atoms with Crippen LogP contribution in [0.5, 0.6) is 0 Å². The predicted octanol–water partition coefficient (Wildman–Crippen LogP) is 2.49. The van der Waals surface area contributed by atoms with Gasteiger partial charge in [-0.3, -0.25) is 14.4 Å². The number of hydrogen-bond acceptors (Lipinski definition) is 3. The lowest BCUT2D eigenvalue weighted by atomic mass is 9.93. The molecule has 0 saturated heterocycles. The van der Waals surface area contributed by atoms with Crippen molar-refractivity contribution in [2.45, 2.75) is 38.6 Å². The molecule has 5 heteroatoms. The van der Waals surface area contributed by atoms with Crippen LogP contribution in [0.4, 0.5) is 5.69 Å². The van der Waals surface area contributed by atoms with E-state index >= 15 is 0 Å². The first-order valence-electron chi connectivity index (χ1n) is 8.27. The molecule has 1 aromatic heterocycles. The van der Waals surface area contributed by atoms with Crippen LogP contribution in [0, 0.1) is 0 Å². The SMILES string of the molecule is CC1Cc2ccccc2N1C(=O)c1cc2c([nH]c1=O)CCCC2=O. The number of aryl methyl sites for hydroxylation is 1. The average Bonchev–Trinajstić information content (AvgIpc) is 2.89. The summed E-state index contributed by atoms with van der Waals surface area (Å²) in [6, 6.07) is 9.21. The maximum atomic E-state index is 13.0. The van der Waals surface area contributed by atoms with Crippen molar-refractivity contribution < 1.29 is 9.59 Å². The second kappa shape index (κ2) is 5.44. The van der Waals surface area contributed by atoms with Gasteiger partial charge in [0.15, 0.2) is 5.78 Å². The Balaban J connectivity index is 1.80. The molecule has 2 aliphatic rings. The Labute approximate surface area is 139 Å². The van der Waals surface area contributed by atoms with Gasteiger partial charge in [0.2, 0.25) is 0 Å². The number of anilines is 1. The Morgan fingerprint density at radius 2 is 2.00 bits per heavy atom. The Hall–Kier alpha value is -2.69. The van der Waals surface area contributed by atoms with E-state index in [-0.39, 0.29) is 23.3 Å². The number of carbonyl (C=O) groups is 2. The molecule has 0 fully saturated rings. The highest BCUT2D eigenvalue weighted by Crippen LogP contribution is 2.33. The molecular formula is C19H18N2O3. The Bertz CT molecular complexity index is 913. The van der Waals surface area contributed by atoms with Gasteiger partial charge in [-0.1, -0.05) is 18.2 Å². The minimum Gasteiger partial charge on any atom is -0.325 e. The van der Waals surface area contributed by atoms with Crippen molar-refractivity contribution in [1.29, 1.82) is 0 Å². The molecule has 5 nitrogen and oxygen atoms in total. The summed E-state index contributed by atoms with van der Waals surface area (Å²) in [6.07, 6.45) is 2.65. The first kappa shape index (κ1) is 14.9. The summed E-state index contributed by atoms with van der Waals surface area (Å²) >= 11 is 0. The first-order chi connectivity index (χ1) is 11.6. The second-order valence-electron chi connectivity index (χ2n) is 6.54. The number of rotatable bonds is 1. The van der Waals surface area contributed by atoms with Crippen LogP contribution >= 0.6 is 0 Å². The van der Waals surface area contributed by atoms with E-state index in [1.807, 2.05) is 31.2 Å². The van der Waals surface area contributed by atoms with Crippen molar-refractivity contribution in [3.63, 3.8) is 0 Å². The Kier molecular flexibility index (Phi) is 3.37. The molecular weight excluding hydrogens is 304 g/mol. The molecule has 0 radical (unpaired) electrons. The molecule has 1 aliphatic carbocycles. The number of nitrogens with zero attached hydrogens (tertiary/aromatic N) is 1. The van der Waals surface area contributed by atoms with Crippen molar-refractivity contribution in [2.75, 3.05) is 4.90 Å². The second-order valence-corrected chi connectivity index (χ2v) is 6.54. The van der Waals surface area contributed by atoms with Crippen molar-refractivity contribution in [3.8, 4) is 0 Å². The number of carbonyl (C=O) groups excluding carboxylic acids is 2. The van der Waals surface area contributed by atoms with Gasteiger partial charge < -0.3 is 9.88 Å². The van der Waals surface area contributed by atoms with Crippen molar-refractivity contribution >= 4 is 17.4 Å². The van der Waals surface area contributed by atoms with Gasteiger partial charge in [-0.05, 0) is 43.9 Å².